The van der Waals surface area contributed by atoms with Gasteiger partial charge in [-0.05, 0) is 37.1 Å². The Morgan fingerprint density at radius 1 is 1.50 bits per heavy atom. The van der Waals surface area contributed by atoms with Gasteiger partial charge in [0.25, 0.3) is 0 Å². The molecule has 0 spiro atoms. The molecule has 4 heteroatoms. The van der Waals surface area contributed by atoms with Gasteiger partial charge in [0.2, 0.25) is 0 Å². The van der Waals surface area contributed by atoms with Gasteiger partial charge in [-0.3, -0.25) is 4.99 Å². The summed E-state index contributed by atoms with van der Waals surface area (Å²) in [5.74, 6) is 1.09. The third-order valence-corrected chi connectivity index (χ3v) is 3.58. The van der Waals surface area contributed by atoms with E-state index in [1.807, 2.05) is 25.1 Å². The first-order chi connectivity index (χ1) is 9.55. The number of methoxy groups -OCH3 is 1. The number of benzene rings is 1. The molecular formula is C16H19ClN2O. The fourth-order valence-electron chi connectivity index (χ4n) is 2.03. The molecule has 20 heavy (non-hydrogen) atoms. The Bertz CT molecular complexity index is 578. The normalized spacial score (nSPS) is 22.1. The lowest BCUT2D eigenvalue weighted by molar-refractivity contribution is 0.414. The highest BCUT2D eigenvalue weighted by atomic mass is 35.5. The molecule has 1 saturated carbocycles. The molecule has 2 N–H and O–H groups in total. The van der Waals surface area contributed by atoms with Gasteiger partial charge in [-0.2, -0.15) is 0 Å². The van der Waals surface area contributed by atoms with Crippen molar-refractivity contribution in [1.82, 2.24) is 0 Å². The number of ether oxygens (including phenoxy) is 1. The highest BCUT2D eigenvalue weighted by molar-refractivity contribution is 6.30. The first kappa shape index (κ1) is 14.8. The Morgan fingerprint density at radius 3 is 2.75 bits per heavy atom. The summed E-state index contributed by atoms with van der Waals surface area (Å²) in [6, 6.07) is 5.78. The summed E-state index contributed by atoms with van der Waals surface area (Å²) < 4.78 is 5.22. The Labute approximate surface area is 124 Å². The molecule has 3 nitrogen and oxygen atoms in total. The van der Waals surface area contributed by atoms with E-state index >= 15 is 0 Å². The van der Waals surface area contributed by atoms with E-state index < -0.39 is 0 Å². The Balaban J connectivity index is 2.18. The van der Waals surface area contributed by atoms with Crippen LogP contribution in [0.4, 0.5) is 0 Å². The van der Waals surface area contributed by atoms with Gasteiger partial charge in [0.15, 0.2) is 0 Å². The van der Waals surface area contributed by atoms with Crippen molar-refractivity contribution in [3.8, 4) is 5.75 Å². The monoisotopic (exact) mass is 290 g/mol. The van der Waals surface area contributed by atoms with Crippen molar-refractivity contribution in [1.29, 1.82) is 0 Å². The Hall–Kier alpha value is -1.58. The van der Waals surface area contributed by atoms with E-state index in [-0.39, 0.29) is 6.04 Å². The molecule has 0 aromatic heterocycles. The van der Waals surface area contributed by atoms with Crippen molar-refractivity contribution >= 4 is 23.5 Å². The summed E-state index contributed by atoms with van der Waals surface area (Å²) in [4.78, 5) is 4.49. The standard InChI is InChI=1S/C16H19ClN2O/c1-4-16(19-9-10(2)14-8-15(14)18)11-5-12(17)7-13(6-11)20-3/h4-7,9,14-15H,2,8,18H2,1,3H3/b16-4-,19-9?/t14-,15+/m1/s1. The molecule has 0 radical (unpaired) electrons. The number of hydrogen-bond acceptors (Lipinski definition) is 3. The summed E-state index contributed by atoms with van der Waals surface area (Å²) in [5.41, 5.74) is 8.53. The van der Waals surface area contributed by atoms with Crippen LogP contribution in [0.2, 0.25) is 5.02 Å². The van der Waals surface area contributed by atoms with Crippen LogP contribution in [0, 0.1) is 5.92 Å². The molecule has 2 atom stereocenters. The summed E-state index contributed by atoms with van der Waals surface area (Å²) in [6.45, 7) is 5.95. The lowest BCUT2D eigenvalue weighted by Gasteiger charge is -2.06. The van der Waals surface area contributed by atoms with Gasteiger partial charge in [-0.25, -0.2) is 0 Å². The third-order valence-electron chi connectivity index (χ3n) is 3.36. The Kier molecular flexibility index (Phi) is 4.63. The van der Waals surface area contributed by atoms with E-state index in [0.717, 1.165) is 23.3 Å². The molecule has 0 bridgehead atoms. The zero-order valence-corrected chi connectivity index (χ0v) is 12.5. The molecule has 0 aliphatic heterocycles. The van der Waals surface area contributed by atoms with Crippen LogP contribution >= 0.6 is 11.6 Å². The maximum Gasteiger partial charge on any atom is 0.121 e. The van der Waals surface area contributed by atoms with Gasteiger partial charge in [-0.1, -0.05) is 24.3 Å². The predicted octanol–water partition coefficient (Wildman–Crippen LogP) is 3.68. The van der Waals surface area contributed by atoms with Crippen molar-refractivity contribution in [2.75, 3.05) is 7.11 Å². The number of allylic oxidation sites excluding steroid dienone is 1. The van der Waals surface area contributed by atoms with E-state index in [2.05, 4.69) is 11.6 Å². The number of rotatable bonds is 5. The zero-order valence-electron chi connectivity index (χ0n) is 11.8. The lowest BCUT2D eigenvalue weighted by atomic mass is 10.1. The SMILES string of the molecule is C=C(C=N/C(=C\C)c1cc(Cl)cc(OC)c1)[C@H]1C[C@@H]1N. The average Bonchev–Trinajstić information content (AvgIpc) is 3.15. The van der Waals surface area contributed by atoms with Crippen molar-refractivity contribution < 1.29 is 4.74 Å². The first-order valence-electron chi connectivity index (χ1n) is 6.55. The smallest absolute Gasteiger partial charge is 0.121 e. The van der Waals surface area contributed by atoms with Gasteiger partial charge in [0.05, 0.1) is 12.8 Å². The third kappa shape index (κ3) is 3.50. The fraction of sp³-hybridized carbons (Fsp3) is 0.312. The van der Waals surface area contributed by atoms with E-state index in [1.54, 1.807) is 19.4 Å². The molecule has 0 amide bonds. The van der Waals surface area contributed by atoms with Crippen molar-refractivity contribution in [2.24, 2.45) is 16.6 Å². The fourth-order valence-corrected chi connectivity index (χ4v) is 2.26. The minimum atomic E-state index is 0.245. The second-order valence-corrected chi connectivity index (χ2v) is 5.33. The van der Waals surface area contributed by atoms with Crippen molar-refractivity contribution in [3.63, 3.8) is 0 Å². The number of aliphatic imine (C=N–C) groups is 1. The maximum atomic E-state index is 6.08. The van der Waals surface area contributed by atoms with Crippen molar-refractivity contribution in [3.05, 3.63) is 47.0 Å². The Morgan fingerprint density at radius 2 is 2.20 bits per heavy atom. The zero-order chi connectivity index (χ0) is 14.7. The summed E-state index contributed by atoms with van der Waals surface area (Å²) in [7, 11) is 1.62. The largest absolute Gasteiger partial charge is 0.497 e. The van der Waals surface area contributed by atoms with Gasteiger partial charge < -0.3 is 10.5 Å². The number of nitrogens with zero attached hydrogens (tertiary/aromatic N) is 1. The number of hydrogen-bond donors (Lipinski definition) is 1. The highest BCUT2D eigenvalue weighted by Gasteiger charge is 2.34. The second-order valence-electron chi connectivity index (χ2n) is 4.89. The summed E-state index contributed by atoms with van der Waals surface area (Å²) in [5, 5.41) is 0.622. The van der Waals surface area contributed by atoms with E-state index in [0.29, 0.717) is 16.7 Å². The number of halogens is 1. The predicted molar refractivity (Wildman–Crippen MR) is 85.4 cm³/mol. The molecule has 106 valence electrons. The van der Waals surface area contributed by atoms with Gasteiger partial charge in [-0.15, -0.1) is 0 Å². The van der Waals surface area contributed by atoms with Crippen LogP contribution < -0.4 is 10.5 Å². The van der Waals surface area contributed by atoms with Crippen LogP contribution in [-0.2, 0) is 0 Å². The van der Waals surface area contributed by atoms with E-state index in [1.165, 1.54) is 0 Å². The molecular weight excluding hydrogens is 272 g/mol. The highest BCUT2D eigenvalue weighted by Crippen LogP contribution is 2.34. The van der Waals surface area contributed by atoms with Crippen molar-refractivity contribution in [2.45, 2.75) is 19.4 Å². The first-order valence-corrected chi connectivity index (χ1v) is 6.92. The molecule has 1 aliphatic rings. The summed E-state index contributed by atoms with van der Waals surface area (Å²) in [6.07, 6.45) is 4.73. The molecule has 2 rings (SSSR count). The topological polar surface area (TPSA) is 47.6 Å². The van der Waals surface area contributed by atoms with Gasteiger partial charge in [0, 0.05) is 28.8 Å². The van der Waals surface area contributed by atoms with Crippen LogP contribution in [0.25, 0.3) is 5.70 Å². The van der Waals surface area contributed by atoms with Gasteiger partial charge in [0.1, 0.15) is 5.75 Å². The minimum Gasteiger partial charge on any atom is -0.497 e. The quantitative estimate of drug-likeness (QED) is 0.841. The van der Waals surface area contributed by atoms with E-state index in [4.69, 9.17) is 22.1 Å². The summed E-state index contributed by atoms with van der Waals surface area (Å²) >= 11 is 6.08. The average molecular weight is 291 g/mol. The van der Waals surface area contributed by atoms with Gasteiger partial charge >= 0.3 is 0 Å². The molecule has 1 fully saturated rings. The van der Waals surface area contributed by atoms with E-state index in [9.17, 15) is 0 Å². The van der Waals surface area contributed by atoms with Crippen LogP contribution in [0.5, 0.6) is 5.75 Å². The second kappa shape index (κ2) is 6.25. The molecule has 0 unspecified atom stereocenters. The van der Waals surface area contributed by atoms with Crippen LogP contribution in [0.3, 0.4) is 0 Å². The molecule has 1 aliphatic carbocycles. The number of nitrogens with two attached hydrogens (primary N) is 1. The molecule has 0 heterocycles. The molecule has 1 aromatic rings. The minimum absolute atomic E-state index is 0.245. The van der Waals surface area contributed by atoms with Crippen LogP contribution in [-0.4, -0.2) is 19.4 Å². The van der Waals surface area contributed by atoms with Crippen LogP contribution in [0.15, 0.2) is 41.4 Å². The van der Waals surface area contributed by atoms with Crippen LogP contribution in [0.1, 0.15) is 18.9 Å². The maximum absolute atomic E-state index is 6.08. The molecule has 0 saturated heterocycles. The molecule has 1 aromatic carbocycles. The lowest BCUT2D eigenvalue weighted by Crippen LogP contribution is -2.03.